The Balaban J connectivity index is 5.48. The number of phosphoric ester groups is 2. The van der Waals surface area contributed by atoms with Crippen LogP contribution in [0.25, 0.3) is 0 Å². The van der Waals surface area contributed by atoms with Crippen LogP contribution in [0, 0.1) is 0 Å². The highest BCUT2D eigenvalue weighted by molar-refractivity contribution is 7.47. The fraction of sp³-hybridized carbons (Fsp3) is 0.630. The lowest BCUT2D eigenvalue weighted by Gasteiger charge is -2.21. The second kappa shape index (κ2) is 72.0. The van der Waals surface area contributed by atoms with Crippen LogP contribution in [-0.4, -0.2) is 96.7 Å². The van der Waals surface area contributed by atoms with Crippen molar-refractivity contribution in [2.45, 2.75) is 290 Å². The van der Waals surface area contributed by atoms with Crippen LogP contribution in [0.5, 0.6) is 0 Å². The van der Waals surface area contributed by atoms with Crippen LogP contribution in [0.1, 0.15) is 272 Å². The van der Waals surface area contributed by atoms with Crippen molar-refractivity contribution in [3.05, 3.63) is 158 Å². The highest BCUT2D eigenvalue weighted by Gasteiger charge is 2.30. The first-order chi connectivity index (χ1) is 48.7. The molecule has 0 aromatic heterocycles. The largest absolute Gasteiger partial charge is 0.472 e. The molecule has 0 aliphatic rings. The summed E-state index contributed by atoms with van der Waals surface area (Å²) in [4.78, 5) is 72.7. The second-order valence-electron chi connectivity index (χ2n) is 24.5. The lowest BCUT2D eigenvalue weighted by Crippen LogP contribution is -2.30. The van der Waals surface area contributed by atoms with E-state index in [1.807, 2.05) is 36.5 Å². The van der Waals surface area contributed by atoms with E-state index in [0.717, 1.165) is 135 Å². The molecule has 0 aromatic carbocycles. The molecule has 0 amide bonds. The first-order valence-electron chi connectivity index (χ1n) is 37.7. The number of unbranched alkanes of at least 4 members (excludes halogenated alkanes) is 18. The van der Waals surface area contributed by atoms with Gasteiger partial charge in [-0.3, -0.25) is 37.3 Å². The zero-order chi connectivity index (χ0) is 73.2. The minimum absolute atomic E-state index is 0.0314. The Morgan fingerprint density at radius 2 is 0.600 bits per heavy atom. The maximum Gasteiger partial charge on any atom is 0.472 e. The smallest absolute Gasteiger partial charge is 0.462 e. The summed E-state index contributed by atoms with van der Waals surface area (Å²) in [6, 6.07) is 0. The fourth-order valence-electron chi connectivity index (χ4n) is 9.36. The molecule has 0 aromatic rings. The van der Waals surface area contributed by atoms with E-state index in [1.54, 1.807) is 6.08 Å². The number of esters is 4. The van der Waals surface area contributed by atoms with Crippen molar-refractivity contribution in [2.75, 3.05) is 39.6 Å². The molecule has 0 aliphatic carbocycles. The van der Waals surface area contributed by atoms with Gasteiger partial charge in [-0.25, -0.2) is 9.13 Å². The van der Waals surface area contributed by atoms with Crippen molar-refractivity contribution in [3.8, 4) is 0 Å². The first-order valence-corrected chi connectivity index (χ1v) is 40.7. The summed E-state index contributed by atoms with van der Waals surface area (Å²) in [5.41, 5.74) is 0. The number of aliphatic hydroxyl groups is 1. The van der Waals surface area contributed by atoms with Gasteiger partial charge in [0, 0.05) is 19.3 Å². The molecular weight excluding hydrogens is 1310 g/mol. The Labute approximate surface area is 604 Å². The minimum atomic E-state index is -5.00. The van der Waals surface area contributed by atoms with Gasteiger partial charge >= 0.3 is 39.5 Å². The topological polar surface area (TPSA) is 237 Å². The number of hydrogen-bond donors (Lipinski definition) is 3. The minimum Gasteiger partial charge on any atom is -0.462 e. The van der Waals surface area contributed by atoms with E-state index in [-0.39, 0.29) is 25.7 Å². The molecular formula is C81H132O17P2. The monoisotopic (exact) mass is 1440 g/mol. The lowest BCUT2D eigenvalue weighted by molar-refractivity contribution is -0.161. The quantitative estimate of drug-likeness (QED) is 0.0169. The summed E-state index contributed by atoms with van der Waals surface area (Å²) in [6.07, 6.45) is 82.9. The highest BCUT2D eigenvalue weighted by atomic mass is 31.2. The van der Waals surface area contributed by atoms with E-state index in [9.17, 15) is 43.2 Å². The van der Waals surface area contributed by atoms with Gasteiger partial charge in [0.2, 0.25) is 0 Å². The van der Waals surface area contributed by atoms with E-state index >= 15 is 0 Å². The van der Waals surface area contributed by atoms with Crippen molar-refractivity contribution in [3.63, 3.8) is 0 Å². The lowest BCUT2D eigenvalue weighted by atomic mass is 10.0. The number of carbonyl (C=O) groups excluding carboxylic acids is 4. The molecule has 5 unspecified atom stereocenters. The average molecular weight is 1440 g/mol. The van der Waals surface area contributed by atoms with Gasteiger partial charge in [-0.2, -0.15) is 0 Å². The Kier molecular flexibility index (Phi) is 68.2. The van der Waals surface area contributed by atoms with Crippen LogP contribution in [0.15, 0.2) is 158 Å². The Hall–Kier alpha value is -5.32. The molecule has 0 fully saturated rings. The number of rotatable bonds is 69. The number of phosphoric acid groups is 2. The maximum absolute atomic E-state index is 13.1. The Morgan fingerprint density at radius 1 is 0.300 bits per heavy atom. The third-order valence-electron chi connectivity index (χ3n) is 15.0. The second-order valence-corrected chi connectivity index (χ2v) is 27.4. The van der Waals surface area contributed by atoms with Crippen LogP contribution < -0.4 is 0 Å². The molecule has 0 aliphatic heterocycles. The number of hydrogen-bond acceptors (Lipinski definition) is 15. The van der Waals surface area contributed by atoms with Crippen molar-refractivity contribution in [2.24, 2.45) is 0 Å². The van der Waals surface area contributed by atoms with Gasteiger partial charge in [0.1, 0.15) is 19.3 Å². The Morgan fingerprint density at radius 3 is 0.970 bits per heavy atom. The van der Waals surface area contributed by atoms with Gasteiger partial charge in [0.15, 0.2) is 12.2 Å². The highest BCUT2D eigenvalue weighted by Crippen LogP contribution is 2.45. The molecule has 0 radical (unpaired) electrons. The predicted octanol–water partition coefficient (Wildman–Crippen LogP) is 21.7. The Bertz CT molecular complexity index is 2520. The van der Waals surface area contributed by atoms with Crippen molar-refractivity contribution >= 4 is 39.5 Å². The summed E-state index contributed by atoms with van der Waals surface area (Å²) in [5, 5.41) is 10.6. The van der Waals surface area contributed by atoms with E-state index in [1.165, 1.54) is 51.4 Å². The van der Waals surface area contributed by atoms with Crippen LogP contribution in [0.3, 0.4) is 0 Å². The van der Waals surface area contributed by atoms with Gasteiger partial charge in [-0.1, -0.05) is 288 Å². The van der Waals surface area contributed by atoms with E-state index in [2.05, 4.69) is 143 Å². The summed E-state index contributed by atoms with van der Waals surface area (Å²) in [5.74, 6) is -2.45. The third kappa shape index (κ3) is 71.1. The normalized spacial score (nSPS) is 14.8. The first kappa shape index (κ1) is 94.7. The third-order valence-corrected chi connectivity index (χ3v) is 16.9. The summed E-state index contributed by atoms with van der Waals surface area (Å²) < 4.78 is 68.2. The van der Waals surface area contributed by atoms with Gasteiger partial charge in [0.05, 0.1) is 32.8 Å². The molecule has 0 heterocycles. The van der Waals surface area contributed by atoms with Gasteiger partial charge < -0.3 is 33.8 Å². The van der Waals surface area contributed by atoms with Crippen LogP contribution in [0.2, 0.25) is 0 Å². The molecule has 0 saturated heterocycles. The number of ether oxygens (including phenoxy) is 4. The van der Waals surface area contributed by atoms with E-state index < -0.39 is 97.5 Å². The molecule has 0 spiro atoms. The average Bonchev–Trinajstić information content (AvgIpc) is 0.935. The number of carbonyl (C=O) groups is 4. The standard InChI is InChI=1S/C81H132O17P2/c1-5-9-13-17-21-25-29-33-35-36-37-38-40-44-46-50-54-58-62-66-79(84)92-72-77(98-81(86)68-64-60-56-52-48-42-32-28-24-20-16-12-8-4)74-96-100(89,90)94-70-75(82)69-93-99(87,88)95-73-76(97-80(85)67-63-59-55-51-47-41-31-27-23-19-15-11-7-3)71-91-78(83)65-61-57-53-49-45-43-39-34-30-26-22-18-14-10-6-2/h9-10,13-15,19,21-22,25-27,31,33-35,37-39,44-46,49,54,57-58,61,75-77,82H,5-8,11-12,16-18,20,23-24,28-30,32,36,40-43,47-48,50-53,55-56,59-60,62-74H2,1-4H3,(H,87,88)(H,89,90)/b13-9-,14-10-,19-15-,25-21-,26-22-,31-27-,35-33-,38-37-,39-34-,46-44-,49-45-,58-54-,61-57-. The summed E-state index contributed by atoms with van der Waals surface area (Å²) in [6.45, 7) is 4.34. The zero-order valence-corrected chi connectivity index (χ0v) is 63.6. The molecule has 17 nitrogen and oxygen atoms in total. The molecule has 3 N–H and O–H groups in total. The molecule has 0 saturated carbocycles. The van der Waals surface area contributed by atoms with Gasteiger partial charge in [-0.05, 0) is 116 Å². The summed E-state index contributed by atoms with van der Waals surface area (Å²) >= 11 is 0. The molecule has 0 bridgehead atoms. The number of allylic oxidation sites excluding steroid dienone is 25. The van der Waals surface area contributed by atoms with Crippen LogP contribution >= 0.6 is 15.6 Å². The number of aliphatic hydroxyl groups excluding tert-OH is 1. The zero-order valence-electron chi connectivity index (χ0n) is 61.8. The maximum atomic E-state index is 13.1. The molecule has 568 valence electrons. The molecule has 19 heteroatoms. The van der Waals surface area contributed by atoms with Crippen molar-refractivity contribution in [1.29, 1.82) is 0 Å². The van der Waals surface area contributed by atoms with E-state index in [0.29, 0.717) is 32.1 Å². The van der Waals surface area contributed by atoms with E-state index in [4.69, 9.17) is 37.0 Å². The van der Waals surface area contributed by atoms with Gasteiger partial charge in [0.25, 0.3) is 0 Å². The van der Waals surface area contributed by atoms with Crippen LogP contribution in [0.4, 0.5) is 0 Å². The SMILES string of the molecule is CC/C=C\C/C=C\C/C=C\C/C=C\C/C=C\C/C=C\CCC(=O)OCC(COP(=O)(O)OCC(O)COP(=O)(O)OCC(COC(=O)C/C=C\C/C=C\C/C=C\C/C=C\C/C=C\CC)OC(=O)CCCCCCC/C=C\C/C=C\CCC)OC(=O)CCCCCCCCCCCCCCC. The van der Waals surface area contributed by atoms with Crippen LogP contribution in [-0.2, 0) is 65.4 Å². The molecule has 100 heavy (non-hydrogen) atoms. The summed E-state index contributed by atoms with van der Waals surface area (Å²) in [7, 11) is -10.0. The molecule has 0 rings (SSSR count). The van der Waals surface area contributed by atoms with Gasteiger partial charge in [-0.15, -0.1) is 0 Å². The molecule has 5 atom stereocenters. The van der Waals surface area contributed by atoms with Crippen molar-refractivity contribution in [1.82, 2.24) is 0 Å². The fourth-order valence-corrected chi connectivity index (χ4v) is 10.9. The predicted molar refractivity (Wildman–Crippen MR) is 408 cm³/mol. The van der Waals surface area contributed by atoms with Crippen molar-refractivity contribution < 1.29 is 80.2 Å².